The molecule has 2 rings (SSSR count). The van der Waals surface area contributed by atoms with Crippen molar-refractivity contribution in [3.63, 3.8) is 0 Å². The third-order valence-corrected chi connectivity index (χ3v) is 4.52. The molecule has 6 nitrogen and oxygen atoms in total. The number of carbonyl (C=O) groups is 1. The fourth-order valence-electron chi connectivity index (χ4n) is 1.93. The van der Waals surface area contributed by atoms with Crippen LogP contribution >= 0.6 is 11.6 Å². The van der Waals surface area contributed by atoms with Crippen molar-refractivity contribution >= 4 is 33.3 Å². The lowest BCUT2D eigenvalue weighted by Gasteiger charge is -2.14. The van der Waals surface area contributed by atoms with Crippen LogP contribution in [0.25, 0.3) is 0 Å². The fraction of sp³-hybridized carbons (Fsp3) is 0.133. The Morgan fingerprint density at radius 1 is 1.26 bits per heavy atom. The van der Waals surface area contributed by atoms with Gasteiger partial charge in [0.05, 0.1) is 17.9 Å². The van der Waals surface area contributed by atoms with Gasteiger partial charge in [-0.05, 0) is 37.3 Å². The van der Waals surface area contributed by atoms with Gasteiger partial charge in [0, 0.05) is 5.02 Å². The summed E-state index contributed by atoms with van der Waals surface area (Å²) in [5.41, 5.74) is -0.196. The number of ether oxygens (including phenoxy) is 1. The first kappa shape index (κ1) is 17.1. The van der Waals surface area contributed by atoms with E-state index in [1.54, 1.807) is 6.92 Å². The van der Waals surface area contributed by atoms with Gasteiger partial charge in [-0.15, -0.1) is 0 Å². The van der Waals surface area contributed by atoms with Gasteiger partial charge in [-0.3, -0.25) is 4.72 Å². The SMILES string of the molecule is CCOc1ccc(Cl)cc1S(=O)(=O)Nc1ccccc1C(=O)O. The molecule has 0 amide bonds. The highest BCUT2D eigenvalue weighted by atomic mass is 35.5. The van der Waals surface area contributed by atoms with Crippen LogP contribution in [0.3, 0.4) is 0 Å². The van der Waals surface area contributed by atoms with E-state index in [0.717, 1.165) is 0 Å². The predicted octanol–water partition coefficient (Wildman–Crippen LogP) is 3.24. The Labute approximate surface area is 138 Å². The van der Waals surface area contributed by atoms with Gasteiger partial charge >= 0.3 is 5.97 Å². The highest BCUT2D eigenvalue weighted by Gasteiger charge is 2.22. The van der Waals surface area contributed by atoms with Crippen molar-refractivity contribution in [2.24, 2.45) is 0 Å². The van der Waals surface area contributed by atoms with E-state index in [1.807, 2.05) is 0 Å². The van der Waals surface area contributed by atoms with Crippen molar-refractivity contribution in [2.75, 3.05) is 11.3 Å². The number of aromatic carboxylic acids is 1. The molecule has 23 heavy (non-hydrogen) atoms. The summed E-state index contributed by atoms with van der Waals surface area (Å²) in [6.07, 6.45) is 0. The third kappa shape index (κ3) is 3.94. The zero-order chi connectivity index (χ0) is 17.0. The molecule has 0 atom stereocenters. The smallest absolute Gasteiger partial charge is 0.337 e. The molecule has 2 aromatic rings. The van der Waals surface area contributed by atoms with Crippen LogP contribution in [-0.2, 0) is 10.0 Å². The molecule has 0 aliphatic rings. The number of halogens is 1. The number of para-hydroxylation sites is 1. The maximum Gasteiger partial charge on any atom is 0.337 e. The Kier molecular flexibility index (Phi) is 5.12. The molecule has 0 saturated heterocycles. The topological polar surface area (TPSA) is 92.7 Å². The molecule has 0 saturated carbocycles. The minimum absolute atomic E-state index is 0.0394. The molecule has 122 valence electrons. The molecule has 0 fully saturated rings. The molecule has 2 N–H and O–H groups in total. The molecule has 2 aromatic carbocycles. The lowest BCUT2D eigenvalue weighted by Crippen LogP contribution is -2.16. The number of benzene rings is 2. The molecule has 0 spiro atoms. The minimum atomic E-state index is -4.07. The Morgan fingerprint density at radius 2 is 1.96 bits per heavy atom. The van der Waals surface area contributed by atoms with Gasteiger partial charge in [-0.2, -0.15) is 0 Å². The lowest BCUT2D eigenvalue weighted by atomic mass is 10.2. The molecular formula is C15H14ClNO5S. The van der Waals surface area contributed by atoms with E-state index in [4.69, 9.17) is 21.4 Å². The number of hydrogen-bond acceptors (Lipinski definition) is 4. The number of rotatable bonds is 6. The van der Waals surface area contributed by atoms with E-state index in [-0.39, 0.29) is 33.5 Å². The Hall–Kier alpha value is -2.25. The van der Waals surface area contributed by atoms with Crippen LogP contribution in [0.4, 0.5) is 5.69 Å². The second-order valence-electron chi connectivity index (χ2n) is 4.48. The van der Waals surface area contributed by atoms with Gasteiger partial charge in [-0.25, -0.2) is 13.2 Å². The normalized spacial score (nSPS) is 11.0. The number of carboxylic acid groups (broad SMARTS) is 1. The molecule has 0 bridgehead atoms. The van der Waals surface area contributed by atoms with Crippen LogP contribution in [0.1, 0.15) is 17.3 Å². The summed E-state index contributed by atoms with van der Waals surface area (Å²) in [5, 5.41) is 9.36. The monoisotopic (exact) mass is 355 g/mol. The van der Waals surface area contributed by atoms with E-state index >= 15 is 0 Å². The summed E-state index contributed by atoms with van der Waals surface area (Å²) in [5.74, 6) is -1.10. The summed E-state index contributed by atoms with van der Waals surface area (Å²) < 4.78 is 32.7. The minimum Gasteiger partial charge on any atom is -0.492 e. The molecule has 0 aliphatic heterocycles. The van der Waals surface area contributed by atoms with Crippen LogP contribution in [0.2, 0.25) is 5.02 Å². The average Bonchev–Trinajstić information content (AvgIpc) is 2.49. The number of anilines is 1. The van der Waals surface area contributed by atoms with Crippen molar-refractivity contribution in [3.05, 3.63) is 53.1 Å². The maximum absolute atomic E-state index is 12.6. The van der Waals surface area contributed by atoms with Gasteiger partial charge in [0.1, 0.15) is 10.6 Å². The van der Waals surface area contributed by atoms with Crippen LogP contribution in [0.15, 0.2) is 47.4 Å². The molecule has 0 radical (unpaired) electrons. The molecule has 0 aromatic heterocycles. The van der Waals surface area contributed by atoms with Gasteiger partial charge in [-0.1, -0.05) is 23.7 Å². The highest BCUT2D eigenvalue weighted by Crippen LogP contribution is 2.29. The van der Waals surface area contributed by atoms with Gasteiger partial charge < -0.3 is 9.84 Å². The van der Waals surface area contributed by atoms with Crippen LogP contribution in [-0.4, -0.2) is 26.1 Å². The molecule has 8 heteroatoms. The summed E-state index contributed by atoms with van der Waals surface area (Å²) in [6.45, 7) is 1.99. The van der Waals surface area contributed by atoms with E-state index in [2.05, 4.69) is 4.72 Å². The number of hydrogen-bond donors (Lipinski definition) is 2. The van der Waals surface area contributed by atoms with Crippen molar-refractivity contribution in [1.29, 1.82) is 0 Å². The molecule has 0 unspecified atom stereocenters. The van der Waals surface area contributed by atoms with Crippen molar-refractivity contribution in [2.45, 2.75) is 11.8 Å². The van der Waals surface area contributed by atoms with Gasteiger partial charge in [0.15, 0.2) is 0 Å². The summed E-state index contributed by atoms with van der Waals surface area (Å²) in [7, 11) is -4.07. The second-order valence-corrected chi connectivity index (χ2v) is 6.57. The van der Waals surface area contributed by atoms with E-state index in [9.17, 15) is 13.2 Å². The zero-order valence-corrected chi connectivity index (χ0v) is 13.7. The first-order chi connectivity index (χ1) is 10.8. The lowest BCUT2D eigenvalue weighted by molar-refractivity contribution is 0.0698. The Balaban J connectivity index is 2.48. The quantitative estimate of drug-likeness (QED) is 0.829. The second kappa shape index (κ2) is 6.89. The zero-order valence-electron chi connectivity index (χ0n) is 12.1. The number of nitrogens with one attached hydrogen (secondary N) is 1. The third-order valence-electron chi connectivity index (χ3n) is 2.90. The average molecular weight is 356 g/mol. The maximum atomic E-state index is 12.6. The van der Waals surface area contributed by atoms with Gasteiger partial charge in [0.25, 0.3) is 10.0 Å². The number of sulfonamides is 1. The standard InChI is InChI=1S/C15H14ClNO5S/c1-2-22-13-8-7-10(16)9-14(13)23(20,21)17-12-6-4-3-5-11(12)15(18)19/h3-9,17H,2H2,1H3,(H,18,19). The van der Waals surface area contributed by atoms with E-state index in [1.165, 1.54) is 42.5 Å². The largest absolute Gasteiger partial charge is 0.492 e. The van der Waals surface area contributed by atoms with E-state index in [0.29, 0.717) is 0 Å². The Morgan fingerprint density at radius 3 is 2.61 bits per heavy atom. The predicted molar refractivity (Wildman–Crippen MR) is 86.8 cm³/mol. The Bertz CT molecular complexity index is 836. The summed E-state index contributed by atoms with van der Waals surface area (Å²) in [4.78, 5) is 11.0. The van der Waals surface area contributed by atoms with Gasteiger partial charge in [0.2, 0.25) is 0 Å². The molecule has 0 heterocycles. The van der Waals surface area contributed by atoms with Crippen LogP contribution < -0.4 is 9.46 Å². The first-order valence-corrected chi connectivity index (χ1v) is 8.48. The summed E-state index contributed by atoms with van der Waals surface area (Å²) in [6, 6.07) is 9.92. The number of carboxylic acids is 1. The first-order valence-electron chi connectivity index (χ1n) is 6.62. The molecular weight excluding hydrogens is 342 g/mol. The highest BCUT2D eigenvalue weighted by molar-refractivity contribution is 7.92. The molecule has 0 aliphatic carbocycles. The summed E-state index contributed by atoms with van der Waals surface area (Å²) >= 11 is 5.87. The van der Waals surface area contributed by atoms with Crippen LogP contribution in [0.5, 0.6) is 5.75 Å². The van der Waals surface area contributed by atoms with Crippen molar-refractivity contribution < 1.29 is 23.1 Å². The van der Waals surface area contributed by atoms with E-state index < -0.39 is 16.0 Å². The fourth-order valence-corrected chi connectivity index (χ4v) is 3.41. The van der Waals surface area contributed by atoms with Crippen molar-refractivity contribution in [3.8, 4) is 5.75 Å². The van der Waals surface area contributed by atoms with Crippen LogP contribution in [0, 0.1) is 0 Å². The van der Waals surface area contributed by atoms with Crippen molar-refractivity contribution in [1.82, 2.24) is 0 Å².